The van der Waals surface area contributed by atoms with Gasteiger partial charge in [-0.25, -0.2) is 13.8 Å². The van der Waals surface area contributed by atoms with Crippen molar-refractivity contribution in [3.8, 4) is 0 Å². The van der Waals surface area contributed by atoms with Gasteiger partial charge in [0.15, 0.2) is 0 Å². The summed E-state index contributed by atoms with van der Waals surface area (Å²) in [5, 5.41) is 2.81. The lowest BCUT2D eigenvalue weighted by Gasteiger charge is -2.27. The first-order valence-electron chi connectivity index (χ1n) is 9.88. The molecule has 0 radical (unpaired) electrons. The highest BCUT2D eigenvalue weighted by Gasteiger charge is 2.27. The lowest BCUT2D eigenvalue weighted by Crippen LogP contribution is -2.22. The van der Waals surface area contributed by atoms with Crippen LogP contribution >= 0.6 is 0 Å². The van der Waals surface area contributed by atoms with Gasteiger partial charge in [0.2, 0.25) is 5.91 Å². The number of aryl methyl sites for hydroxylation is 1. The van der Waals surface area contributed by atoms with Crippen molar-refractivity contribution in [2.45, 2.75) is 44.6 Å². The molecule has 1 aromatic heterocycles. The molecule has 0 fully saturated rings. The SMILES string of the molecule is C[C@H]1CCCc2ncc([C@H](CC(=O)Nc3ccc(F)cc3)c3cccc(F)c3)n21. The Balaban J connectivity index is 1.65. The standard InChI is InChI=1S/C23H23F2N3O/c1-15-4-2-7-22-26-14-21(28(15)22)20(16-5-3-6-18(25)12-16)13-23(29)27-19-10-8-17(24)9-11-19/h3,5-6,8-12,14-15,20H,2,4,7,13H2,1H3,(H,27,29)/t15-,20+/m0/s1. The average molecular weight is 395 g/mol. The number of hydrogen-bond acceptors (Lipinski definition) is 2. The number of rotatable bonds is 5. The summed E-state index contributed by atoms with van der Waals surface area (Å²) in [5.41, 5.74) is 2.19. The van der Waals surface area contributed by atoms with Crippen LogP contribution in [0.3, 0.4) is 0 Å². The van der Waals surface area contributed by atoms with E-state index in [9.17, 15) is 13.6 Å². The predicted molar refractivity (Wildman–Crippen MR) is 108 cm³/mol. The second kappa shape index (κ2) is 8.15. The number of amides is 1. The number of halogens is 2. The fraction of sp³-hybridized carbons (Fsp3) is 0.304. The third-order valence-electron chi connectivity index (χ3n) is 5.49. The van der Waals surface area contributed by atoms with Crippen LogP contribution in [-0.4, -0.2) is 15.5 Å². The minimum atomic E-state index is -0.361. The number of aromatic nitrogens is 2. The molecule has 29 heavy (non-hydrogen) atoms. The zero-order chi connectivity index (χ0) is 20.4. The molecular weight excluding hydrogens is 372 g/mol. The zero-order valence-electron chi connectivity index (χ0n) is 16.2. The lowest BCUT2D eigenvalue weighted by atomic mass is 9.91. The van der Waals surface area contributed by atoms with Gasteiger partial charge in [-0.3, -0.25) is 4.79 Å². The molecule has 1 aliphatic rings. The molecule has 1 aliphatic heterocycles. The number of hydrogen-bond donors (Lipinski definition) is 1. The number of carbonyl (C=O) groups is 1. The molecule has 0 saturated carbocycles. The van der Waals surface area contributed by atoms with Crippen molar-refractivity contribution >= 4 is 11.6 Å². The number of benzene rings is 2. The van der Waals surface area contributed by atoms with E-state index in [2.05, 4.69) is 21.8 Å². The summed E-state index contributed by atoms with van der Waals surface area (Å²) in [6.45, 7) is 2.15. The maximum Gasteiger partial charge on any atom is 0.225 e. The van der Waals surface area contributed by atoms with E-state index in [4.69, 9.17) is 0 Å². The highest BCUT2D eigenvalue weighted by atomic mass is 19.1. The number of nitrogens with one attached hydrogen (secondary N) is 1. The molecule has 4 rings (SSSR count). The van der Waals surface area contributed by atoms with Gasteiger partial charge in [0.1, 0.15) is 17.5 Å². The highest BCUT2D eigenvalue weighted by Crippen LogP contribution is 2.35. The third-order valence-corrected chi connectivity index (χ3v) is 5.49. The van der Waals surface area contributed by atoms with Gasteiger partial charge in [-0.15, -0.1) is 0 Å². The van der Waals surface area contributed by atoms with Gasteiger partial charge in [-0.1, -0.05) is 12.1 Å². The average Bonchev–Trinajstić information content (AvgIpc) is 3.13. The lowest BCUT2D eigenvalue weighted by molar-refractivity contribution is -0.116. The molecule has 0 saturated heterocycles. The monoisotopic (exact) mass is 395 g/mol. The topological polar surface area (TPSA) is 46.9 Å². The first-order valence-corrected chi connectivity index (χ1v) is 9.88. The van der Waals surface area contributed by atoms with Crippen molar-refractivity contribution in [1.82, 2.24) is 9.55 Å². The Labute approximate surface area is 168 Å². The Morgan fingerprint density at radius 3 is 2.76 bits per heavy atom. The molecule has 3 aromatic rings. The van der Waals surface area contributed by atoms with Gasteiger partial charge in [0, 0.05) is 42.4 Å². The van der Waals surface area contributed by atoms with E-state index in [0.717, 1.165) is 36.3 Å². The third kappa shape index (κ3) is 4.21. The second-order valence-electron chi connectivity index (χ2n) is 7.58. The summed E-state index contributed by atoms with van der Waals surface area (Å²) >= 11 is 0. The largest absolute Gasteiger partial charge is 0.329 e. The maximum atomic E-state index is 13.9. The molecule has 2 heterocycles. The molecule has 6 heteroatoms. The number of imidazole rings is 1. The summed E-state index contributed by atoms with van der Waals surface area (Å²) in [6, 6.07) is 12.3. The van der Waals surface area contributed by atoms with Gasteiger partial charge < -0.3 is 9.88 Å². The minimum absolute atomic E-state index is 0.138. The van der Waals surface area contributed by atoms with Gasteiger partial charge in [0.25, 0.3) is 0 Å². The molecular formula is C23H23F2N3O. The van der Waals surface area contributed by atoms with Crippen molar-refractivity contribution in [3.05, 3.63) is 83.4 Å². The Morgan fingerprint density at radius 2 is 2.00 bits per heavy atom. The van der Waals surface area contributed by atoms with E-state index in [1.165, 1.54) is 36.4 Å². The minimum Gasteiger partial charge on any atom is -0.329 e. The molecule has 2 aromatic carbocycles. The van der Waals surface area contributed by atoms with Crippen LogP contribution in [0.15, 0.2) is 54.7 Å². The van der Waals surface area contributed by atoms with Crippen molar-refractivity contribution in [1.29, 1.82) is 0 Å². The summed E-state index contributed by atoms with van der Waals surface area (Å²) in [6.07, 6.45) is 5.00. The van der Waals surface area contributed by atoms with E-state index in [0.29, 0.717) is 5.69 Å². The maximum absolute atomic E-state index is 13.9. The normalized spacial score (nSPS) is 16.9. The van der Waals surface area contributed by atoms with Crippen LogP contribution in [0.1, 0.15) is 55.2 Å². The molecule has 4 nitrogen and oxygen atoms in total. The number of anilines is 1. The van der Waals surface area contributed by atoms with Crippen molar-refractivity contribution in [3.63, 3.8) is 0 Å². The molecule has 0 bridgehead atoms. The smallest absolute Gasteiger partial charge is 0.225 e. The summed E-state index contributed by atoms with van der Waals surface area (Å²) < 4.78 is 29.3. The zero-order valence-corrected chi connectivity index (χ0v) is 16.2. The van der Waals surface area contributed by atoms with E-state index >= 15 is 0 Å². The molecule has 0 aliphatic carbocycles. The van der Waals surface area contributed by atoms with Crippen LogP contribution in [0.2, 0.25) is 0 Å². The molecule has 150 valence electrons. The van der Waals surface area contributed by atoms with Crippen LogP contribution in [0.25, 0.3) is 0 Å². The van der Waals surface area contributed by atoms with Crippen LogP contribution in [0.5, 0.6) is 0 Å². The van der Waals surface area contributed by atoms with E-state index < -0.39 is 0 Å². The Bertz CT molecular complexity index is 1010. The van der Waals surface area contributed by atoms with E-state index in [-0.39, 0.29) is 35.9 Å². The first-order chi connectivity index (χ1) is 14.0. The summed E-state index contributed by atoms with van der Waals surface area (Å²) in [5.74, 6) is -0.227. The molecule has 1 amide bonds. The van der Waals surface area contributed by atoms with E-state index in [1.807, 2.05) is 12.3 Å². The summed E-state index contributed by atoms with van der Waals surface area (Å²) in [4.78, 5) is 17.4. The Kier molecular flexibility index (Phi) is 5.43. The van der Waals surface area contributed by atoms with Crippen molar-refractivity contribution in [2.24, 2.45) is 0 Å². The van der Waals surface area contributed by atoms with Gasteiger partial charge in [0.05, 0.1) is 0 Å². The quantitative estimate of drug-likeness (QED) is 0.644. The van der Waals surface area contributed by atoms with Crippen molar-refractivity contribution in [2.75, 3.05) is 5.32 Å². The molecule has 2 atom stereocenters. The number of fused-ring (bicyclic) bond motifs is 1. The molecule has 0 unspecified atom stereocenters. The second-order valence-corrected chi connectivity index (χ2v) is 7.58. The molecule has 1 N–H and O–H groups in total. The van der Waals surface area contributed by atoms with Crippen LogP contribution in [0, 0.1) is 11.6 Å². The fourth-order valence-electron chi connectivity index (χ4n) is 4.10. The first kappa shape index (κ1) is 19.3. The summed E-state index contributed by atoms with van der Waals surface area (Å²) in [7, 11) is 0. The molecule has 0 spiro atoms. The van der Waals surface area contributed by atoms with Gasteiger partial charge >= 0.3 is 0 Å². The van der Waals surface area contributed by atoms with Crippen molar-refractivity contribution < 1.29 is 13.6 Å². The Morgan fingerprint density at radius 1 is 1.21 bits per heavy atom. The fourth-order valence-corrected chi connectivity index (χ4v) is 4.10. The van der Waals surface area contributed by atoms with Gasteiger partial charge in [-0.2, -0.15) is 0 Å². The highest BCUT2D eigenvalue weighted by molar-refractivity contribution is 5.91. The Hall–Kier alpha value is -3.02. The van der Waals surface area contributed by atoms with E-state index in [1.54, 1.807) is 6.07 Å². The van der Waals surface area contributed by atoms with Crippen LogP contribution < -0.4 is 5.32 Å². The van der Waals surface area contributed by atoms with Crippen LogP contribution in [0.4, 0.5) is 14.5 Å². The number of carbonyl (C=O) groups excluding carboxylic acids is 1. The van der Waals surface area contributed by atoms with Gasteiger partial charge in [-0.05, 0) is 61.7 Å². The number of nitrogens with zero attached hydrogens (tertiary/aromatic N) is 2. The predicted octanol–water partition coefficient (Wildman–Crippen LogP) is 5.22. The van der Waals surface area contributed by atoms with Crippen LogP contribution in [-0.2, 0) is 11.2 Å².